The summed E-state index contributed by atoms with van der Waals surface area (Å²) >= 11 is 0. The second-order valence-corrected chi connectivity index (χ2v) is 4.36. The standard InChI is InChI=1S/C10H19NO2/c12-8-5-6-11(7-8)9-3-1-2-4-10(9)13/h8-10,12-13H,1-7H2/t8-,9-,10-/m1/s1. The lowest BCUT2D eigenvalue weighted by molar-refractivity contribution is 0.0253. The Hall–Kier alpha value is -0.120. The van der Waals surface area contributed by atoms with Gasteiger partial charge in [-0.15, -0.1) is 0 Å². The van der Waals surface area contributed by atoms with Crippen LogP contribution in [-0.2, 0) is 0 Å². The molecular weight excluding hydrogens is 166 g/mol. The lowest BCUT2D eigenvalue weighted by atomic mass is 9.91. The molecule has 1 saturated heterocycles. The molecule has 2 fully saturated rings. The lowest BCUT2D eigenvalue weighted by Gasteiger charge is -2.34. The topological polar surface area (TPSA) is 43.7 Å². The van der Waals surface area contributed by atoms with Crippen LogP contribution in [0.5, 0.6) is 0 Å². The predicted octanol–water partition coefficient (Wildman–Crippen LogP) is 0.357. The van der Waals surface area contributed by atoms with E-state index in [0.29, 0.717) is 6.04 Å². The van der Waals surface area contributed by atoms with Gasteiger partial charge in [0.2, 0.25) is 0 Å². The first-order chi connectivity index (χ1) is 6.27. The minimum atomic E-state index is -0.158. The van der Waals surface area contributed by atoms with Gasteiger partial charge in [0.15, 0.2) is 0 Å². The summed E-state index contributed by atoms with van der Waals surface area (Å²) in [6.07, 6.45) is 5.00. The van der Waals surface area contributed by atoms with Gasteiger partial charge in [0.1, 0.15) is 0 Å². The van der Waals surface area contributed by atoms with Crippen LogP contribution in [-0.4, -0.2) is 46.5 Å². The maximum Gasteiger partial charge on any atom is 0.0695 e. The molecule has 0 bridgehead atoms. The summed E-state index contributed by atoms with van der Waals surface area (Å²) in [5.74, 6) is 0. The maximum absolute atomic E-state index is 9.79. The Morgan fingerprint density at radius 2 is 1.77 bits per heavy atom. The zero-order valence-corrected chi connectivity index (χ0v) is 8.02. The zero-order valence-electron chi connectivity index (χ0n) is 8.02. The quantitative estimate of drug-likeness (QED) is 0.620. The Labute approximate surface area is 79.4 Å². The van der Waals surface area contributed by atoms with Gasteiger partial charge in [0.05, 0.1) is 12.2 Å². The Morgan fingerprint density at radius 3 is 2.38 bits per heavy atom. The van der Waals surface area contributed by atoms with Crippen molar-refractivity contribution in [3.8, 4) is 0 Å². The van der Waals surface area contributed by atoms with Crippen LogP contribution in [0.4, 0.5) is 0 Å². The molecular formula is C10H19NO2. The number of rotatable bonds is 1. The molecule has 13 heavy (non-hydrogen) atoms. The van der Waals surface area contributed by atoms with Gasteiger partial charge in [0.25, 0.3) is 0 Å². The van der Waals surface area contributed by atoms with Crippen LogP contribution in [0.25, 0.3) is 0 Å². The Morgan fingerprint density at radius 1 is 1.00 bits per heavy atom. The van der Waals surface area contributed by atoms with Crippen molar-refractivity contribution < 1.29 is 10.2 Å². The fourth-order valence-corrected chi connectivity index (χ4v) is 2.59. The number of β-amino-alcohol motifs (C(OH)–C–C–N with tert-alkyl or cyclic N) is 1. The average Bonchev–Trinajstić information content (AvgIpc) is 2.53. The first-order valence-electron chi connectivity index (χ1n) is 5.37. The summed E-state index contributed by atoms with van der Waals surface area (Å²) in [5.41, 5.74) is 0. The zero-order chi connectivity index (χ0) is 9.26. The number of hydrogen-bond donors (Lipinski definition) is 2. The monoisotopic (exact) mass is 185 g/mol. The molecule has 0 radical (unpaired) electrons. The molecule has 76 valence electrons. The molecule has 0 aromatic heterocycles. The number of nitrogens with zero attached hydrogens (tertiary/aromatic N) is 1. The highest BCUT2D eigenvalue weighted by molar-refractivity contribution is 4.87. The van der Waals surface area contributed by atoms with Gasteiger partial charge in [-0.1, -0.05) is 12.8 Å². The molecule has 2 aliphatic rings. The van der Waals surface area contributed by atoms with Crippen LogP contribution >= 0.6 is 0 Å². The van der Waals surface area contributed by atoms with Crippen molar-refractivity contribution in [2.24, 2.45) is 0 Å². The minimum Gasteiger partial charge on any atom is -0.392 e. The first kappa shape index (κ1) is 9.44. The number of likely N-dealkylation sites (tertiary alicyclic amines) is 1. The van der Waals surface area contributed by atoms with Gasteiger partial charge in [-0.2, -0.15) is 0 Å². The van der Waals surface area contributed by atoms with Crippen molar-refractivity contribution in [1.82, 2.24) is 4.90 Å². The largest absolute Gasteiger partial charge is 0.392 e. The van der Waals surface area contributed by atoms with E-state index in [2.05, 4.69) is 4.90 Å². The third-order valence-electron chi connectivity index (χ3n) is 3.36. The second kappa shape index (κ2) is 3.95. The highest BCUT2D eigenvalue weighted by Gasteiger charge is 2.32. The van der Waals surface area contributed by atoms with E-state index in [9.17, 15) is 10.2 Å². The van der Waals surface area contributed by atoms with Gasteiger partial charge in [-0.3, -0.25) is 4.90 Å². The Kier molecular flexibility index (Phi) is 2.86. The van der Waals surface area contributed by atoms with Gasteiger partial charge < -0.3 is 10.2 Å². The van der Waals surface area contributed by atoms with Crippen LogP contribution in [0, 0.1) is 0 Å². The summed E-state index contributed by atoms with van der Waals surface area (Å²) in [5, 5.41) is 19.2. The van der Waals surface area contributed by atoms with Gasteiger partial charge in [-0.05, 0) is 19.3 Å². The molecule has 3 heteroatoms. The highest BCUT2D eigenvalue weighted by atomic mass is 16.3. The summed E-state index contributed by atoms with van der Waals surface area (Å²) in [6.45, 7) is 1.73. The van der Waals surface area contributed by atoms with Gasteiger partial charge in [-0.25, -0.2) is 0 Å². The summed E-state index contributed by atoms with van der Waals surface area (Å²) in [7, 11) is 0. The molecule has 1 heterocycles. The van der Waals surface area contributed by atoms with Crippen LogP contribution in [0.3, 0.4) is 0 Å². The Bertz CT molecular complexity index is 174. The molecule has 0 unspecified atom stereocenters. The first-order valence-corrected chi connectivity index (χ1v) is 5.37. The molecule has 2 rings (SSSR count). The van der Waals surface area contributed by atoms with Crippen molar-refractivity contribution in [2.75, 3.05) is 13.1 Å². The molecule has 1 aliphatic carbocycles. The number of aliphatic hydroxyl groups excluding tert-OH is 2. The third-order valence-corrected chi connectivity index (χ3v) is 3.36. The lowest BCUT2D eigenvalue weighted by Crippen LogP contribution is -2.44. The van der Waals surface area contributed by atoms with E-state index >= 15 is 0 Å². The van der Waals surface area contributed by atoms with Gasteiger partial charge >= 0.3 is 0 Å². The van der Waals surface area contributed by atoms with Gasteiger partial charge in [0, 0.05) is 19.1 Å². The van der Waals surface area contributed by atoms with Crippen molar-refractivity contribution in [3.63, 3.8) is 0 Å². The smallest absolute Gasteiger partial charge is 0.0695 e. The average molecular weight is 185 g/mol. The normalized spacial score (nSPS) is 42.5. The van der Waals surface area contributed by atoms with Crippen LogP contribution < -0.4 is 0 Å². The summed E-state index contributed by atoms with van der Waals surface area (Å²) in [4.78, 5) is 2.26. The van der Waals surface area contributed by atoms with E-state index in [1.165, 1.54) is 6.42 Å². The molecule has 0 aromatic rings. The van der Waals surface area contributed by atoms with E-state index in [4.69, 9.17) is 0 Å². The maximum atomic E-state index is 9.79. The van der Waals surface area contributed by atoms with E-state index in [0.717, 1.165) is 38.8 Å². The molecule has 2 N–H and O–H groups in total. The SMILES string of the molecule is O[C@@H]1CCN([C@@H]2CCCC[C@H]2O)C1. The van der Waals surface area contributed by atoms with E-state index in [1.807, 2.05) is 0 Å². The molecule has 0 spiro atoms. The van der Waals surface area contributed by atoms with Crippen LogP contribution in [0.2, 0.25) is 0 Å². The summed E-state index contributed by atoms with van der Waals surface area (Å²) < 4.78 is 0. The molecule has 1 aliphatic heterocycles. The van der Waals surface area contributed by atoms with Crippen molar-refractivity contribution >= 4 is 0 Å². The van der Waals surface area contributed by atoms with Crippen LogP contribution in [0.15, 0.2) is 0 Å². The predicted molar refractivity (Wildman–Crippen MR) is 50.5 cm³/mol. The molecule has 1 saturated carbocycles. The fourth-order valence-electron chi connectivity index (χ4n) is 2.59. The van der Waals surface area contributed by atoms with Crippen molar-refractivity contribution in [1.29, 1.82) is 0 Å². The van der Waals surface area contributed by atoms with E-state index < -0.39 is 0 Å². The number of aliphatic hydroxyl groups is 2. The summed E-state index contributed by atoms with van der Waals surface area (Å²) in [6, 6.07) is 0.325. The molecule has 3 atom stereocenters. The Balaban J connectivity index is 1.91. The van der Waals surface area contributed by atoms with E-state index in [1.54, 1.807) is 0 Å². The van der Waals surface area contributed by atoms with Crippen molar-refractivity contribution in [3.05, 3.63) is 0 Å². The molecule has 0 amide bonds. The van der Waals surface area contributed by atoms with Crippen molar-refractivity contribution in [2.45, 2.75) is 50.4 Å². The van der Waals surface area contributed by atoms with Crippen LogP contribution in [0.1, 0.15) is 32.1 Å². The highest BCUT2D eigenvalue weighted by Crippen LogP contribution is 2.25. The fraction of sp³-hybridized carbons (Fsp3) is 1.00. The van der Waals surface area contributed by atoms with E-state index in [-0.39, 0.29) is 12.2 Å². The minimum absolute atomic E-state index is 0.154. The second-order valence-electron chi connectivity index (χ2n) is 4.36. The molecule has 3 nitrogen and oxygen atoms in total. The number of hydrogen-bond acceptors (Lipinski definition) is 3. The third kappa shape index (κ3) is 2.03. The molecule has 0 aromatic carbocycles.